The summed E-state index contributed by atoms with van der Waals surface area (Å²) in [6.45, 7) is 40.1. The Hall–Kier alpha value is -0.530. The van der Waals surface area contributed by atoms with Crippen molar-refractivity contribution in [1.82, 2.24) is 0 Å². The van der Waals surface area contributed by atoms with E-state index in [0.29, 0.717) is 6.61 Å². The molecule has 0 aliphatic rings. The molecule has 0 spiro atoms. The molecule has 102 heavy (non-hydrogen) atoms. The zero-order valence-corrected chi connectivity index (χ0v) is 76.6. The van der Waals surface area contributed by atoms with Crippen LogP contribution in [0.25, 0.3) is 0 Å². The molecule has 0 aromatic carbocycles. The molecule has 0 aromatic heterocycles. The Morgan fingerprint density at radius 1 is 0.127 bits per heavy atom. The third-order valence-electron chi connectivity index (χ3n) is 20.0. The van der Waals surface area contributed by atoms with E-state index < -0.39 is 0 Å². The van der Waals surface area contributed by atoms with Crippen LogP contribution in [-0.2, 0) is 9.53 Å². The van der Waals surface area contributed by atoms with Crippen molar-refractivity contribution in [2.24, 2.45) is 0 Å². The van der Waals surface area contributed by atoms with Crippen molar-refractivity contribution in [2.75, 3.05) is 6.61 Å². The van der Waals surface area contributed by atoms with Crippen molar-refractivity contribution in [2.45, 2.75) is 638 Å². The molecule has 0 saturated carbocycles. The summed E-state index contributed by atoms with van der Waals surface area (Å²) in [6, 6.07) is 0. The quantitative estimate of drug-likeness (QED) is 0.0448. The van der Waals surface area contributed by atoms with Gasteiger partial charge < -0.3 is 4.74 Å². The van der Waals surface area contributed by atoms with Gasteiger partial charge in [0.05, 0.1) is 6.61 Å². The average Bonchev–Trinajstić information content (AvgIpc) is 3.68. The fraction of sp³-hybridized carbons (Fsp3) is 0.990. The molecule has 0 radical (unpaired) electrons. The molecular weight excluding hydrogens is 1230 g/mol. The Balaban J connectivity index is -0.000000137. The normalized spacial score (nSPS) is 10.3. The van der Waals surface area contributed by atoms with Gasteiger partial charge in [0.2, 0.25) is 0 Å². The topological polar surface area (TPSA) is 26.3 Å². The number of hydrogen-bond acceptors (Lipinski definition) is 2. The fourth-order valence-electron chi connectivity index (χ4n) is 12.7. The van der Waals surface area contributed by atoms with E-state index in [9.17, 15) is 4.79 Å². The molecule has 628 valence electrons. The van der Waals surface area contributed by atoms with Crippen LogP contribution in [0, 0.1) is 0 Å². The van der Waals surface area contributed by atoms with Gasteiger partial charge in [-0.05, 0) is 6.92 Å². The third kappa shape index (κ3) is 174. The molecule has 0 amide bonds. The lowest BCUT2D eigenvalue weighted by Gasteiger charge is -1.99. The van der Waals surface area contributed by atoms with E-state index in [-0.39, 0.29) is 5.97 Å². The maximum absolute atomic E-state index is 9.82. The standard InChI is InChI=1S/8C12H26.C4H8O2/c8*1-3-5-7-9-11-12-10-8-6-4-2;1-3-6-4(2)5/h8*3-12H2,1-2H3;3H2,1-2H3. The second kappa shape index (κ2) is 139. The Kier molecular flexibility index (Phi) is 164. The third-order valence-corrected chi connectivity index (χ3v) is 20.0. The Morgan fingerprint density at radius 2 is 0.186 bits per heavy atom. The van der Waals surface area contributed by atoms with Gasteiger partial charge >= 0.3 is 5.97 Å². The molecule has 0 bridgehead atoms. The highest BCUT2D eigenvalue weighted by Crippen LogP contribution is 2.17. The van der Waals surface area contributed by atoms with Gasteiger partial charge in [-0.25, -0.2) is 0 Å². The van der Waals surface area contributed by atoms with E-state index in [2.05, 4.69) is 116 Å². The van der Waals surface area contributed by atoms with Gasteiger partial charge in [-0.15, -0.1) is 0 Å². The lowest BCUT2D eigenvalue weighted by molar-refractivity contribution is -0.140. The minimum atomic E-state index is -0.211. The molecule has 0 heterocycles. The Bertz CT molecular complexity index is 827. The van der Waals surface area contributed by atoms with Crippen LogP contribution in [0.4, 0.5) is 0 Å². The van der Waals surface area contributed by atoms with Crippen molar-refractivity contribution in [1.29, 1.82) is 0 Å². The molecule has 2 nitrogen and oxygen atoms in total. The summed E-state index contributed by atoms with van der Waals surface area (Å²) < 4.78 is 4.40. The molecule has 2 heteroatoms. The second-order valence-electron chi connectivity index (χ2n) is 31.6. The van der Waals surface area contributed by atoms with Gasteiger partial charge in [0, 0.05) is 6.92 Å². The van der Waals surface area contributed by atoms with E-state index in [1.165, 1.54) is 521 Å². The second-order valence-corrected chi connectivity index (χ2v) is 31.6. The summed E-state index contributed by atoms with van der Waals surface area (Å²) in [5.41, 5.74) is 0. The zero-order valence-electron chi connectivity index (χ0n) is 76.6. The lowest BCUT2D eigenvalue weighted by atomic mass is 10.1. The predicted molar refractivity (Wildman–Crippen MR) is 482 cm³/mol. The molecule has 0 rings (SSSR count). The molecule has 0 atom stereocenters. The molecule has 0 aliphatic carbocycles. The number of carbonyl (C=O) groups is 1. The predicted octanol–water partition coefficient (Wildman–Crippen LogP) is 40.0. The van der Waals surface area contributed by atoms with Gasteiger partial charge in [0.15, 0.2) is 0 Å². The van der Waals surface area contributed by atoms with Crippen molar-refractivity contribution in [3.63, 3.8) is 0 Å². The monoisotopic (exact) mass is 1450 g/mol. The summed E-state index contributed by atoms with van der Waals surface area (Å²) in [4.78, 5) is 9.82. The van der Waals surface area contributed by atoms with Crippen LogP contribution in [0.2, 0.25) is 0 Å². The summed E-state index contributed by atoms with van der Waals surface area (Å²) >= 11 is 0. The number of carbonyl (C=O) groups excluding carboxylic acids is 1. The van der Waals surface area contributed by atoms with Crippen LogP contribution < -0.4 is 0 Å². The van der Waals surface area contributed by atoms with Gasteiger partial charge in [0.1, 0.15) is 0 Å². The SMILES string of the molecule is CCCCCCCCCCCC.CCCCCCCCCCCC.CCCCCCCCCCCC.CCCCCCCCCCCC.CCCCCCCCCCCC.CCCCCCCCCCCC.CCCCCCCCCCCC.CCCCCCCCCCCC.CCOC(C)=O. The summed E-state index contributed by atoms with van der Waals surface area (Å²) in [6.07, 6.45) is 116. The maximum Gasteiger partial charge on any atom is 0.302 e. The van der Waals surface area contributed by atoms with E-state index in [4.69, 9.17) is 0 Å². The number of unbranched alkanes of at least 4 members (excludes halogenated alkanes) is 72. The smallest absolute Gasteiger partial charge is 0.302 e. The van der Waals surface area contributed by atoms with Gasteiger partial charge in [0.25, 0.3) is 0 Å². The van der Waals surface area contributed by atoms with Gasteiger partial charge in [-0.1, -0.05) is 624 Å². The highest BCUT2D eigenvalue weighted by molar-refractivity contribution is 5.65. The number of esters is 1. The Morgan fingerprint density at radius 3 is 0.216 bits per heavy atom. The summed E-state index contributed by atoms with van der Waals surface area (Å²) in [7, 11) is 0. The zero-order chi connectivity index (χ0) is 77.6. The highest BCUT2D eigenvalue weighted by Gasteiger charge is 1.97. The van der Waals surface area contributed by atoms with E-state index in [1.54, 1.807) is 6.92 Å². The van der Waals surface area contributed by atoms with Crippen LogP contribution in [0.5, 0.6) is 0 Å². The van der Waals surface area contributed by atoms with Gasteiger partial charge in [-0.2, -0.15) is 0 Å². The van der Waals surface area contributed by atoms with Gasteiger partial charge in [-0.3, -0.25) is 4.79 Å². The van der Waals surface area contributed by atoms with Crippen molar-refractivity contribution in [3.05, 3.63) is 0 Å². The largest absolute Gasteiger partial charge is 0.466 e. The first-order valence-electron chi connectivity index (χ1n) is 49.2. The number of ether oxygens (including phenoxy) is 1. The van der Waals surface area contributed by atoms with Crippen molar-refractivity contribution < 1.29 is 9.53 Å². The minimum Gasteiger partial charge on any atom is -0.466 e. The van der Waals surface area contributed by atoms with Crippen LogP contribution in [0.15, 0.2) is 0 Å². The highest BCUT2D eigenvalue weighted by atomic mass is 16.5. The maximum atomic E-state index is 9.82. The molecule has 0 aromatic rings. The molecule has 0 N–H and O–H groups in total. The number of hydrogen-bond donors (Lipinski definition) is 0. The van der Waals surface area contributed by atoms with E-state index in [1.807, 2.05) is 0 Å². The lowest BCUT2D eigenvalue weighted by Crippen LogP contribution is -1.95. The average molecular weight is 1450 g/mol. The summed E-state index contributed by atoms with van der Waals surface area (Å²) in [5.74, 6) is -0.211. The first-order chi connectivity index (χ1) is 50.1. The van der Waals surface area contributed by atoms with E-state index in [0.717, 1.165) is 0 Å². The number of rotatable bonds is 73. The van der Waals surface area contributed by atoms with Crippen molar-refractivity contribution >= 4 is 5.97 Å². The van der Waals surface area contributed by atoms with Crippen LogP contribution in [0.3, 0.4) is 0 Å². The van der Waals surface area contributed by atoms with Crippen LogP contribution >= 0.6 is 0 Å². The molecule has 0 aliphatic heterocycles. The summed E-state index contributed by atoms with van der Waals surface area (Å²) in [5, 5.41) is 0. The first-order valence-corrected chi connectivity index (χ1v) is 49.2. The fourth-order valence-corrected chi connectivity index (χ4v) is 12.7. The molecule has 0 unspecified atom stereocenters. The van der Waals surface area contributed by atoms with Crippen LogP contribution in [-0.4, -0.2) is 12.6 Å². The Labute approximate surface area is 656 Å². The first kappa shape index (κ1) is 120. The van der Waals surface area contributed by atoms with E-state index >= 15 is 0 Å². The van der Waals surface area contributed by atoms with Crippen molar-refractivity contribution in [3.8, 4) is 0 Å². The molecular formula is C100H216O2. The minimum absolute atomic E-state index is 0.211. The molecule has 0 saturated heterocycles. The van der Waals surface area contributed by atoms with Crippen LogP contribution in [0.1, 0.15) is 638 Å². The molecule has 0 fully saturated rings.